The number of amides is 1. The molecule has 1 aliphatic heterocycles. The van der Waals surface area contributed by atoms with E-state index in [0.717, 1.165) is 19.4 Å². The third kappa shape index (κ3) is 3.03. The van der Waals surface area contributed by atoms with Crippen LogP contribution in [0.15, 0.2) is 18.2 Å². The van der Waals surface area contributed by atoms with Crippen molar-refractivity contribution in [3.63, 3.8) is 0 Å². The summed E-state index contributed by atoms with van der Waals surface area (Å²) in [5.74, 6) is -0.771. The molecule has 0 saturated carbocycles. The molecule has 1 aromatic rings. The zero-order chi connectivity index (χ0) is 13.8. The molecule has 3 N–H and O–H groups in total. The Morgan fingerprint density at radius 2 is 2.26 bits per heavy atom. The Labute approximate surface area is 110 Å². The predicted octanol–water partition coefficient (Wildman–Crippen LogP) is 1.08. The smallest absolute Gasteiger partial charge is 0.335 e. The zero-order valence-electron chi connectivity index (χ0n) is 10.6. The first kappa shape index (κ1) is 13.4. The van der Waals surface area contributed by atoms with Gasteiger partial charge in [0.15, 0.2) is 0 Å². The fourth-order valence-corrected chi connectivity index (χ4v) is 2.07. The van der Waals surface area contributed by atoms with Gasteiger partial charge in [0.1, 0.15) is 5.75 Å². The van der Waals surface area contributed by atoms with Gasteiger partial charge in [0.25, 0.3) is 0 Å². The maximum Gasteiger partial charge on any atom is 0.335 e. The Hall–Kier alpha value is -2.08. The monoisotopic (exact) mass is 264 g/mol. The van der Waals surface area contributed by atoms with Gasteiger partial charge in [-0.25, -0.2) is 4.79 Å². The lowest BCUT2D eigenvalue weighted by molar-refractivity contribution is -0.117. The molecule has 1 atom stereocenters. The molecule has 0 spiro atoms. The number of anilines is 1. The van der Waals surface area contributed by atoms with Crippen molar-refractivity contribution in [3.8, 4) is 5.75 Å². The molecule has 0 bridgehead atoms. The van der Waals surface area contributed by atoms with E-state index < -0.39 is 5.97 Å². The molecular weight excluding hydrogens is 248 g/mol. The van der Waals surface area contributed by atoms with E-state index in [1.54, 1.807) is 0 Å². The Morgan fingerprint density at radius 3 is 2.84 bits per heavy atom. The van der Waals surface area contributed by atoms with Gasteiger partial charge in [-0.05, 0) is 37.6 Å². The van der Waals surface area contributed by atoms with Crippen LogP contribution in [0.3, 0.4) is 0 Å². The number of carbonyl (C=O) groups is 2. The molecule has 0 radical (unpaired) electrons. The number of carboxylic acid groups (broad SMARTS) is 1. The van der Waals surface area contributed by atoms with Gasteiger partial charge in [0, 0.05) is 0 Å². The minimum absolute atomic E-state index is 0.107. The lowest BCUT2D eigenvalue weighted by Crippen LogP contribution is -2.35. The van der Waals surface area contributed by atoms with Crippen LogP contribution in [-0.4, -0.2) is 36.7 Å². The first-order valence-electron chi connectivity index (χ1n) is 6.07. The molecule has 0 unspecified atom stereocenters. The van der Waals surface area contributed by atoms with Crippen molar-refractivity contribution >= 4 is 17.6 Å². The molecule has 6 nitrogen and oxygen atoms in total. The van der Waals surface area contributed by atoms with Gasteiger partial charge in [0.2, 0.25) is 5.91 Å². The van der Waals surface area contributed by atoms with Gasteiger partial charge >= 0.3 is 5.97 Å². The molecule has 2 rings (SSSR count). The number of methoxy groups -OCH3 is 1. The second-order valence-corrected chi connectivity index (χ2v) is 4.36. The van der Waals surface area contributed by atoms with Crippen LogP contribution in [0, 0.1) is 0 Å². The number of nitrogens with one attached hydrogen (secondary N) is 2. The number of carboxylic acids is 1. The minimum Gasteiger partial charge on any atom is -0.495 e. The van der Waals surface area contributed by atoms with Gasteiger partial charge in [-0.15, -0.1) is 0 Å². The standard InChI is InChI=1S/C13H16N2O4/c1-19-11-5-4-8(13(17)18)7-10(11)15-12(16)9-3-2-6-14-9/h4-5,7,9,14H,2-3,6H2,1H3,(H,15,16)(H,17,18)/t9-/m0/s1. The highest BCUT2D eigenvalue weighted by molar-refractivity contribution is 5.98. The van der Waals surface area contributed by atoms with Crippen LogP contribution in [-0.2, 0) is 4.79 Å². The van der Waals surface area contributed by atoms with Crippen LogP contribution >= 0.6 is 0 Å². The Morgan fingerprint density at radius 1 is 1.47 bits per heavy atom. The van der Waals surface area contributed by atoms with Gasteiger partial charge < -0.3 is 20.5 Å². The molecule has 1 aromatic carbocycles. The van der Waals surface area contributed by atoms with Crippen molar-refractivity contribution in [3.05, 3.63) is 23.8 Å². The summed E-state index contributed by atoms with van der Waals surface area (Å²) in [7, 11) is 1.47. The third-order valence-electron chi connectivity index (χ3n) is 3.08. The molecule has 1 fully saturated rings. The van der Waals surface area contributed by atoms with Gasteiger partial charge in [-0.2, -0.15) is 0 Å². The zero-order valence-corrected chi connectivity index (χ0v) is 10.6. The van der Waals surface area contributed by atoms with E-state index in [1.807, 2.05) is 0 Å². The Bertz CT molecular complexity index is 495. The summed E-state index contributed by atoms with van der Waals surface area (Å²) in [5.41, 5.74) is 0.483. The van der Waals surface area contributed by atoms with Crippen molar-refractivity contribution < 1.29 is 19.4 Å². The summed E-state index contributed by atoms with van der Waals surface area (Å²) >= 11 is 0. The highest BCUT2D eigenvalue weighted by atomic mass is 16.5. The number of ether oxygens (including phenoxy) is 1. The molecule has 0 aromatic heterocycles. The summed E-state index contributed by atoms with van der Waals surface area (Å²) in [5, 5.41) is 14.7. The lowest BCUT2D eigenvalue weighted by Gasteiger charge is -2.14. The van der Waals surface area contributed by atoms with Gasteiger partial charge in [0.05, 0.1) is 24.4 Å². The van der Waals surface area contributed by atoms with Crippen LogP contribution in [0.1, 0.15) is 23.2 Å². The summed E-state index contributed by atoms with van der Waals surface area (Å²) in [6.07, 6.45) is 1.75. The van der Waals surface area contributed by atoms with Crippen LogP contribution in [0.25, 0.3) is 0 Å². The van der Waals surface area contributed by atoms with Crippen LogP contribution in [0.4, 0.5) is 5.69 Å². The average molecular weight is 264 g/mol. The molecule has 0 aliphatic carbocycles. The highest BCUT2D eigenvalue weighted by Gasteiger charge is 2.23. The highest BCUT2D eigenvalue weighted by Crippen LogP contribution is 2.26. The van der Waals surface area contributed by atoms with Crippen molar-refractivity contribution in [2.75, 3.05) is 19.0 Å². The quantitative estimate of drug-likeness (QED) is 0.757. The van der Waals surface area contributed by atoms with Crippen molar-refractivity contribution in [2.45, 2.75) is 18.9 Å². The van der Waals surface area contributed by atoms with Crippen molar-refractivity contribution in [1.82, 2.24) is 5.32 Å². The van der Waals surface area contributed by atoms with Crippen LogP contribution < -0.4 is 15.4 Å². The minimum atomic E-state index is -1.04. The van der Waals surface area contributed by atoms with Crippen molar-refractivity contribution in [2.24, 2.45) is 0 Å². The number of aromatic carboxylic acids is 1. The molecule has 1 amide bonds. The predicted molar refractivity (Wildman–Crippen MR) is 69.6 cm³/mol. The molecule has 102 valence electrons. The molecule has 19 heavy (non-hydrogen) atoms. The molecular formula is C13H16N2O4. The fourth-order valence-electron chi connectivity index (χ4n) is 2.07. The number of rotatable bonds is 4. The molecule has 1 heterocycles. The van der Waals surface area contributed by atoms with Crippen LogP contribution in [0.5, 0.6) is 5.75 Å². The number of hydrogen-bond donors (Lipinski definition) is 3. The Balaban J connectivity index is 2.19. The van der Waals surface area contributed by atoms with E-state index in [4.69, 9.17) is 9.84 Å². The Kier molecular flexibility index (Phi) is 4.01. The van der Waals surface area contributed by atoms with Crippen molar-refractivity contribution in [1.29, 1.82) is 0 Å². The number of carbonyl (C=O) groups excluding carboxylic acids is 1. The first-order chi connectivity index (χ1) is 9.11. The maximum absolute atomic E-state index is 12.0. The molecule has 6 heteroatoms. The second-order valence-electron chi connectivity index (χ2n) is 4.36. The largest absolute Gasteiger partial charge is 0.495 e. The van der Waals surface area contributed by atoms with Gasteiger partial charge in [-0.3, -0.25) is 4.79 Å². The van der Waals surface area contributed by atoms with E-state index >= 15 is 0 Å². The van der Waals surface area contributed by atoms with E-state index in [1.165, 1.54) is 25.3 Å². The summed E-state index contributed by atoms with van der Waals surface area (Å²) in [6.45, 7) is 0.824. The van der Waals surface area contributed by atoms with Gasteiger partial charge in [-0.1, -0.05) is 0 Å². The summed E-state index contributed by atoms with van der Waals surface area (Å²) in [4.78, 5) is 22.9. The average Bonchev–Trinajstić information content (AvgIpc) is 2.92. The third-order valence-corrected chi connectivity index (χ3v) is 3.08. The normalized spacial score (nSPS) is 18.1. The molecule has 1 aliphatic rings. The summed E-state index contributed by atoms with van der Waals surface area (Å²) in [6, 6.07) is 4.14. The fraction of sp³-hybridized carbons (Fsp3) is 0.385. The SMILES string of the molecule is COc1ccc(C(=O)O)cc1NC(=O)[C@@H]1CCCN1. The number of hydrogen-bond acceptors (Lipinski definition) is 4. The second kappa shape index (κ2) is 5.71. The van der Waals surface area contributed by atoms with Crippen LogP contribution in [0.2, 0.25) is 0 Å². The lowest BCUT2D eigenvalue weighted by atomic mass is 10.1. The first-order valence-corrected chi connectivity index (χ1v) is 6.07. The van der Waals surface area contributed by atoms with E-state index in [0.29, 0.717) is 11.4 Å². The summed E-state index contributed by atoms with van der Waals surface area (Å²) < 4.78 is 5.12. The maximum atomic E-state index is 12.0. The molecule has 1 saturated heterocycles. The number of benzene rings is 1. The van der Waals surface area contributed by atoms with E-state index in [9.17, 15) is 9.59 Å². The van der Waals surface area contributed by atoms with E-state index in [-0.39, 0.29) is 17.5 Å². The topological polar surface area (TPSA) is 87.7 Å². The van der Waals surface area contributed by atoms with E-state index in [2.05, 4.69) is 10.6 Å².